The van der Waals surface area contributed by atoms with E-state index in [1.165, 1.54) is 4.88 Å². The Labute approximate surface area is 158 Å². The van der Waals surface area contributed by atoms with Crippen LogP contribution in [0.5, 0.6) is 0 Å². The van der Waals surface area contributed by atoms with Crippen LogP contribution in [0.4, 0.5) is 0 Å². The van der Waals surface area contributed by atoms with E-state index in [9.17, 15) is 4.79 Å². The van der Waals surface area contributed by atoms with Gasteiger partial charge in [-0.15, -0.1) is 11.3 Å². The molecule has 0 aliphatic rings. The fourth-order valence-corrected chi connectivity index (χ4v) is 3.96. The van der Waals surface area contributed by atoms with Crippen LogP contribution in [-0.2, 0) is 9.53 Å². The summed E-state index contributed by atoms with van der Waals surface area (Å²) in [5.74, 6) is -0.349. The number of methoxy groups -OCH3 is 1. The maximum atomic E-state index is 13.0. The predicted octanol–water partition coefficient (Wildman–Crippen LogP) is 4.69. The van der Waals surface area contributed by atoms with Gasteiger partial charge in [-0.3, -0.25) is 4.79 Å². The molecule has 1 amide bonds. The van der Waals surface area contributed by atoms with Crippen LogP contribution in [0.25, 0.3) is 0 Å². The molecular weight excluding hydrogens is 342 g/mol. The summed E-state index contributed by atoms with van der Waals surface area (Å²) < 4.78 is 5.59. The molecule has 1 aromatic heterocycles. The zero-order chi connectivity index (χ0) is 18.4. The molecule has 134 valence electrons. The Hall–Kier alpha value is -2.43. The lowest BCUT2D eigenvalue weighted by Crippen LogP contribution is -2.33. The van der Waals surface area contributed by atoms with Crippen molar-refractivity contribution in [3.05, 3.63) is 93.7 Å². The van der Waals surface area contributed by atoms with E-state index in [-0.39, 0.29) is 17.9 Å². The molecule has 0 saturated carbocycles. The molecule has 0 spiro atoms. The number of thiophene rings is 1. The number of rotatable bonds is 7. The van der Waals surface area contributed by atoms with Crippen molar-refractivity contribution in [1.82, 2.24) is 5.32 Å². The zero-order valence-electron chi connectivity index (χ0n) is 15.0. The Morgan fingerprint density at radius 3 is 2.00 bits per heavy atom. The number of hydrogen-bond donors (Lipinski definition) is 1. The van der Waals surface area contributed by atoms with Crippen LogP contribution in [0.3, 0.4) is 0 Å². The van der Waals surface area contributed by atoms with E-state index in [0.717, 1.165) is 16.0 Å². The van der Waals surface area contributed by atoms with Gasteiger partial charge in [0.05, 0.1) is 5.92 Å². The van der Waals surface area contributed by atoms with Crippen molar-refractivity contribution in [1.29, 1.82) is 0 Å². The molecule has 0 aliphatic heterocycles. The molecule has 26 heavy (non-hydrogen) atoms. The van der Waals surface area contributed by atoms with Crippen LogP contribution >= 0.6 is 11.3 Å². The average Bonchev–Trinajstić information content (AvgIpc) is 3.10. The van der Waals surface area contributed by atoms with E-state index in [2.05, 4.69) is 24.4 Å². The Morgan fingerprint density at radius 2 is 1.54 bits per heavy atom. The Bertz CT molecular complexity index is 790. The third-order valence-electron chi connectivity index (χ3n) is 4.35. The summed E-state index contributed by atoms with van der Waals surface area (Å²) in [6, 6.07) is 23.9. The minimum absolute atomic E-state index is 0.0160. The molecular formula is C22H23NO2S. The van der Waals surface area contributed by atoms with Crippen LogP contribution in [0.1, 0.15) is 32.9 Å². The van der Waals surface area contributed by atoms with Crippen LogP contribution < -0.4 is 5.32 Å². The SMILES string of the molecule is COC(CNC(=O)C(c1ccccc1)c1ccccc1)c1ccc(C)s1. The van der Waals surface area contributed by atoms with Gasteiger partial charge in [0, 0.05) is 23.4 Å². The molecule has 0 aliphatic carbocycles. The van der Waals surface area contributed by atoms with Gasteiger partial charge in [0.1, 0.15) is 6.10 Å². The van der Waals surface area contributed by atoms with Gasteiger partial charge in [0.25, 0.3) is 0 Å². The van der Waals surface area contributed by atoms with Gasteiger partial charge in [0.15, 0.2) is 0 Å². The lowest BCUT2D eigenvalue weighted by atomic mass is 9.90. The second-order valence-electron chi connectivity index (χ2n) is 6.17. The van der Waals surface area contributed by atoms with Crippen LogP contribution in [-0.4, -0.2) is 19.6 Å². The van der Waals surface area contributed by atoms with Crippen molar-refractivity contribution in [2.45, 2.75) is 18.9 Å². The van der Waals surface area contributed by atoms with Crippen LogP contribution in [0.2, 0.25) is 0 Å². The largest absolute Gasteiger partial charge is 0.374 e. The molecule has 0 radical (unpaired) electrons. The average molecular weight is 365 g/mol. The summed E-state index contributed by atoms with van der Waals surface area (Å²) >= 11 is 1.70. The number of aryl methyl sites for hydroxylation is 1. The number of ether oxygens (including phenoxy) is 1. The highest BCUT2D eigenvalue weighted by Gasteiger charge is 2.23. The molecule has 3 aromatic rings. The first-order chi connectivity index (χ1) is 12.7. The van der Waals surface area contributed by atoms with Gasteiger partial charge in [-0.1, -0.05) is 60.7 Å². The second kappa shape index (κ2) is 8.79. The zero-order valence-corrected chi connectivity index (χ0v) is 15.8. The number of nitrogens with one attached hydrogen (secondary N) is 1. The number of carbonyl (C=O) groups is 1. The molecule has 4 heteroatoms. The van der Waals surface area contributed by atoms with Gasteiger partial charge in [0.2, 0.25) is 5.91 Å². The van der Waals surface area contributed by atoms with Crippen LogP contribution in [0.15, 0.2) is 72.8 Å². The summed E-state index contributed by atoms with van der Waals surface area (Å²) in [5.41, 5.74) is 1.97. The molecule has 1 N–H and O–H groups in total. The summed E-state index contributed by atoms with van der Waals surface area (Å²) in [4.78, 5) is 15.4. The first kappa shape index (κ1) is 18.4. The fourth-order valence-electron chi connectivity index (χ4n) is 3.01. The molecule has 2 aromatic carbocycles. The molecule has 0 fully saturated rings. The minimum Gasteiger partial charge on any atom is -0.374 e. The highest BCUT2D eigenvalue weighted by Crippen LogP contribution is 2.27. The first-order valence-electron chi connectivity index (χ1n) is 8.65. The highest BCUT2D eigenvalue weighted by molar-refractivity contribution is 7.12. The second-order valence-corrected chi connectivity index (χ2v) is 7.49. The molecule has 1 unspecified atom stereocenters. The summed E-state index contributed by atoms with van der Waals surface area (Å²) in [7, 11) is 1.68. The normalized spacial score (nSPS) is 12.1. The van der Waals surface area contributed by atoms with E-state index >= 15 is 0 Å². The van der Waals surface area contributed by atoms with E-state index in [4.69, 9.17) is 4.74 Å². The van der Waals surface area contributed by atoms with Crippen molar-refractivity contribution >= 4 is 17.2 Å². The topological polar surface area (TPSA) is 38.3 Å². The molecule has 0 saturated heterocycles. The maximum absolute atomic E-state index is 13.0. The smallest absolute Gasteiger partial charge is 0.232 e. The molecule has 0 bridgehead atoms. The number of carbonyl (C=O) groups excluding carboxylic acids is 1. The van der Waals surface area contributed by atoms with Crippen molar-refractivity contribution in [2.24, 2.45) is 0 Å². The Balaban J connectivity index is 1.78. The van der Waals surface area contributed by atoms with Gasteiger partial charge in [-0.25, -0.2) is 0 Å². The Morgan fingerprint density at radius 1 is 0.962 bits per heavy atom. The van der Waals surface area contributed by atoms with Crippen molar-refractivity contribution in [3.63, 3.8) is 0 Å². The van der Waals surface area contributed by atoms with Gasteiger partial charge in [-0.05, 0) is 30.2 Å². The molecule has 1 heterocycles. The highest BCUT2D eigenvalue weighted by atomic mass is 32.1. The molecule has 3 nitrogen and oxygen atoms in total. The van der Waals surface area contributed by atoms with E-state index < -0.39 is 0 Å². The predicted molar refractivity (Wildman–Crippen MR) is 107 cm³/mol. The van der Waals surface area contributed by atoms with Crippen molar-refractivity contribution in [2.75, 3.05) is 13.7 Å². The quantitative estimate of drug-likeness (QED) is 0.659. The number of amides is 1. The first-order valence-corrected chi connectivity index (χ1v) is 9.47. The third kappa shape index (κ3) is 4.40. The minimum atomic E-state index is -0.333. The summed E-state index contributed by atoms with van der Waals surface area (Å²) in [6.07, 6.45) is -0.134. The standard InChI is InChI=1S/C22H23NO2S/c1-16-13-14-20(26-16)19(25-2)15-23-22(24)21(17-9-5-3-6-10-17)18-11-7-4-8-12-18/h3-14,19,21H,15H2,1-2H3,(H,23,24). The monoisotopic (exact) mass is 365 g/mol. The fraction of sp³-hybridized carbons (Fsp3) is 0.227. The van der Waals surface area contributed by atoms with Gasteiger partial charge in [-0.2, -0.15) is 0 Å². The van der Waals surface area contributed by atoms with E-state index in [0.29, 0.717) is 6.54 Å². The van der Waals surface area contributed by atoms with Crippen LogP contribution in [0, 0.1) is 6.92 Å². The van der Waals surface area contributed by atoms with Gasteiger partial charge >= 0.3 is 0 Å². The third-order valence-corrected chi connectivity index (χ3v) is 5.45. The Kier molecular flexibility index (Phi) is 6.21. The van der Waals surface area contributed by atoms with E-state index in [1.54, 1.807) is 18.4 Å². The number of hydrogen-bond acceptors (Lipinski definition) is 3. The number of benzene rings is 2. The maximum Gasteiger partial charge on any atom is 0.232 e. The van der Waals surface area contributed by atoms with Crippen molar-refractivity contribution in [3.8, 4) is 0 Å². The van der Waals surface area contributed by atoms with Gasteiger partial charge < -0.3 is 10.1 Å². The molecule has 3 rings (SSSR count). The lowest BCUT2D eigenvalue weighted by molar-refractivity contribution is -0.122. The summed E-state index contributed by atoms with van der Waals surface area (Å²) in [6.45, 7) is 2.52. The van der Waals surface area contributed by atoms with E-state index in [1.807, 2.05) is 60.7 Å². The van der Waals surface area contributed by atoms with Crippen molar-refractivity contribution < 1.29 is 9.53 Å². The summed E-state index contributed by atoms with van der Waals surface area (Å²) in [5, 5.41) is 3.08. The lowest BCUT2D eigenvalue weighted by Gasteiger charge is -2.20. The molecule has 1 atom stereocenters.